The van der Waals surface area contributed by atoms with Crippen LogP contribution in [0.5, 0.6) is 0 Å². The van der Waals surface area contributed by atoms with Gasteiger partial charge in [0.2, 0.25) is 0 Å². The van der Waals surface area contributed by atoms with Gasteiger partial charge in [0.15, 0.2) is 0 Å². The maximum Gasteiger partial charge on any atom is 0.501 e. The lowest BCUT2D eigenvalue weighted by molar-refractivity contribution is -0.384. The first-order valence-electron chi connectivity index (χ1n) is 6.99. The minimum Gasteiger partial charge on any atom is -0.377 e. The number of nitrogens with one attached hydrogen (secondary N) is 1. The molecule has 1 N–H and O–H groups in total. The molecule has 128 valence electrons. The lowest BCUT2D eigenvalue weighted by Crippen LogP contribution is -2.24. The van der Waals surface area contributed by atoms with E-state index in [4.69, 9.17) is 0 Å². The standard InChI is InChI=1S/C13H15F3N2O4S/c14-13(15,16)23(21,22)10-6-7-11(12(8-10)18(19)20)17-9-4-2-1-3-5-9/h6-9,17H,1-5H2. The van der Waals surface area contributed by atoms with Gasteiger partial charge in [-0.1, -0.05) is 19.3 Å². The van der Waals surface area contributed by atoms with Crippen LogP contribution in [0.4, 0.5) is 24.5 Å². The third-order valence-corrected chi connectivity index (χ3v) is 5.23. The van der Waals surface area contributed by atoms with E-state index in [0.29, 0.717) is 6.07 Å². The Morgan fingerprint density at radius 3 is 2.30 bits per heavy atom. The quantitative estimate of drug-likeness (QED) is 0.660. The summed E-state index contributed by atoms with van der Waals surface area (Å²) in [6, 6.07) is 2.20. The van der Waals surface area contributed by atoms with E-state index in [1.807, 2.05) is 0 Å². The number of rotatable bonds is 4. The number of nitrogens with zero attached hydrogens (tertiary/aromatic N) is 1. The second-order valence-corrected chi connectivity index (χ2v) is 7.31. The largest absolute Gasteiger partial charge is 0.501 e. The number of benzene rings is 1. The summed E-state index contributed by atoms with van der Waals surface area (Å²) in [6.45, 7) is 0. The van der Waals surface area contributed by atoms with Gasteiger partial charge in [-0.25, -0.2) is 8.42 Å². The molecular formula is C13H15F3N2O4S. The van der Waals surface area contributed by atoms with Crippen LogP contribution in [0, 0.1) is 10.1 Å². The Balaban J connectivity index is 2.37. The molecule has 0 saturated heterocycles. The molecule has 0 radical (unpaired) electrons. The van der Waals surface area contributed by atoms with Crippen LogP contribution < -0.4 is 5.32 Å². The fraction of sp³-hybridized carbons (Fsp3) is 0.538. The molecule has 0 amide bonds. The molecule has 0 aliphatic heterocycles. The molecule has 23 heavy (non-hydrogen) atoms. The fourth-order valence-electron chi connectivity index (χ4n) is 2.55. The smallest absolute Gasteiger partial charge is 0.377 e. The molecule has 0 unspecified atom stereocenters. The van der Waals surface area contributed by atoms with Crippen molar-refractivity contribution in [1.29, 1.82) is 0 Å². The van der Waals surface area contributed by atoms with E-state index in [0.717, 1.165) is 44.2 Å². The van der Waals surface area contributed by atoms with Crippen LogP contribution in [0.25, 0.3) is 0 Å². The number of halogens is 3. The number of hydrogen-bond donors (Lipinski definition) is 1. The van der Waals surface area contributed by atoms with Crippen LogP contribution in [-0.4, -0.2) is 24.9 Å². The van der Waals surface area contributed by atoms with Crippen molar-refractivity contribution in [3.63, 3.8) is 0 Å². The summed E-state index contributed by atoms with van der Waals surface area (Å²) >= 11 is 0. The summed E-state index contributed by atoms with van der Waals surface area (Å²) in [5, 5.41) is 14.0. The van der Waals surface area contributed by atoms with Crippen molar-refractivity contribution in [2.75, 3.05) is 5.32 Å². The molecule has 10 heteroatoms. The van der Waals surface area contributed by atoms with Crippen molar-refractivity contribution >= 4 is 21.2 Å². The summed E-state index contributed by atoms with van der Waals surface area (Å²) in [6.07, 6.45) is 4.61. The van der Waals surface area contributed by atoms with Gasteiger partial charge in [-0.05, 0) is 25.0 Å². The van der Waals surface area contributed by atoms with E-state index >= 15 is 0 Å². The van der Waals surface area contributed by atoms with Gasteiger partial charge in [0, 0.05) is 12.1 Å². The molecule has 1 aliphatic rings. The average molecular weight is 352 g/mol. The molecule has 2 rings (SSSR count). The Bertz CT molecular complexity index is 698. The second kappa shape index (κ2) is 6.34. The molecule has 0 spiro atoms. The monoisotopic (exact) mass is 352 g/mol. The van der Waals surface area contributed by atoms with Crippen LogP contribution in [0.2, 0.25) is 0 Å². The summed E-state index contributed by atoms with van der Waals surface area (Å²) in [4.78, 5) is 9.06. The predicted molar refractivity (Wildman–Crippen MR) is 76.8 cm³/mol. The maximum absolute atomic E-state index is 12.6. The predicted octanol–water partition coefficient (Wildman–Crippen LogP) is 3.63. The first-order valence-corrected chi connectivity index (χ1v) is 8.47. The van der Waals surface area contributed by atoms with E-state index in [-0.39, 0.29) is 11.7 Å². The fourth-order valence-corrected chi connectivity index (χ4v) is 3.33. The van der Waals surface area contributed by atoms with Gasteiger partial charge in [-0.2, -0.15) is 13.2 Å². The van der Waals surface area contributed by atoms with Gasteiger partial charge >= 0.3 is 5.51 Å². The van der Waals surface area contributed by atoms with Crippen LogP contribution in [0.1, 0.15) is 32.1 Å². The summed E-state index contributed by atoms with van der Waals surface area (Å²) in [5.74, 6) is 0. The van der Waals surface area contributed by atoms with E-state index in [1.54, 1.807) is 0 Å². The number of hydrogen-bond acceptors (Lipinski definition) is 5. The molecule has 6 nitrogen and oxygen atoms in total. The van der Waals surface area contributed by atoms with Crippen LogP contribution >= 0.6 is 0 Å². The highest BCUT2D eigenvalue weighted by atomic mass is 32.2. The van der Waals surface area contributed by atoms with Gasteiger partial charge in [0.25, 0.3) is 15.5 Å². The van der Waals surface area contributed by atoms with Crippen molar-refractivity contribution in [3.8, 4) is 0 Å². The molecule has 1 saturated carbocycles. The zero-order valence-corrected chi connectivity index (χ0v) is 12.8. The molecule has 0 heterocycles. The van der Waals surface area contributed by atoms with Crippen molar-refractivity contribution in [2.24, 2.45) is 0 Å². The van der Waals surface area contributed by atoms with Gasteiger partial charge in [-0.3, -0.25) is 10.1 Å². The van der Waals surface area contributed by atoms with E-state index in [1.165, 1.54) is 0 Å². The number of nitro groups is 1. The van der Waals surface area contributed by atoms with E-state index < -0.39 is 30.9 Å². The van der Waals surface area contributed by atoms with Gasteiger partial charge < -0.3 is 5.32 Å². The highest BCUT2D eigenvalue weighted by Crippen LogP contribution is 2.35. The highest BCUT2D eigenvalue weighted by Gasteiger charge is 2.47. The van der Waals surface area contributed by atoms with Crippen molar-refractivity contribution < 1.29 is 26.5 Å². The molecule has 0 atom stereocenters. The Kier molecular flexibility index (Phi) is 4.83. The first-order chi connectivity index (χ1) is 10.6. The zero-order valence-electron chi connectivity index (χ0n) is 12.0. The summed E-state index contributed by atoms with van der Waals surface area (Å²) in [7, 11) is -5.61. The Morgan fingerprint density at radius 2 is 1.78 bits per heavy atom. The highest BCUT2D eigenvalue weighted by molar-refractivity contribution is 7.92. The Morgan fingerprint density at radius 1 is 1.17 bits per heavy atom. The number of sulfone groups is 1. The van der Waals surface area contributed by atoms with Gasteiger partial charge in [0.1, 0.15) is 5.69 Å². The third kappa shape index (κ3) is 3.74. The summed E-state index contributed by atoms with van der Waals surface area (Å²) < 4.78 is 60.4. The minimum atomic E-state index is -5.61. The Labute approximate surface area is 130 Å². The second-order valence-electron chi connectivity index (χ2n) is 5.36. The molecule has 1 aromatic rings. The minimum absolute atomic E-state index is 0.00692. The van der Waals surface area contributed by atoms with Gasteiger partial charge in [-0.15, -0.1) is 0 Å². The van der Waals surface area contributed by atoms with Crippen LogP contribution in [0.15, 0.2) is 23.1 Å². The molecule has 1 aliphatic carbocycles. The number of nitro benzene ring substituents is 1. The molecule has 0 bridgehead atoms. The van der Waals surface area contributed by atoms with Crippen LogP contribution in [0.3, 0.4) is 0 Å². The molecule has 1 fully saturated rings. The number of alkyl halides is 3. The number of anilines is 1. The average Bonchev–Trinajstić information content (AvgIpc) is 2.47. The Hall–Kier alpha value is -1.84. The van der Waals surface area contributed by atoms with E-state index in [9.17, 15) is 31.7 Å². The normalized spacial score (nSPS) is 17.0. The van der Waals surface area contributed by atoms with Crippen LogP contribution in [-0.2, 0) is 9.84 Å². The van der Waals surface area contributed by atoms with Crippen molar-refractivity contribution in [1.82, 2.24) is 0 Å². The molecule has 0 aromatic heterocycles. The SMILES string of the molecule is O=[N+]([O-])c1cc(S(=O)(=O)C(F)(F)F)ccc1NC1CCCCC1. The lowest BCUT2D eigenvalue weighted by Gasteiger charge is -2.23. The first kappa shape index (κ1) is 17.5. The van der Waals surface area contributed by atoms with Crippen molar-refractivity contribution in [2.45, 2.75) is 48.5 Å². The zero-order chi connectivity index (χ0) is 17.3. The topological polar surface area (TPSA) is 89.3 Å². The third-order valence-electron chi connectivity index (χ3n) is 3.75. The molecule has 1 aromatic carbocycles. The summed E-state index contributed by atoms with van der Waals surface area (Å²) in [5.41, 5.74) is -6.15. The molecular weight excluding hydrogens is 337 g/mol. The maximum atomic E-state index is 12.6. The lowest BCUT2D eigenvalue weighted by atomic mass is 9.95. The van der Waals surface area contributed by atoms with Crippen molar-refractivity contribution in [3.05, 3.63) is 28.3 Å². The van der Waals surface area contributed by atoms with Gasteiger partial charge in [0.05, 0.1) is 9.82 Å². The van der Waals surface area contributed by atoms with E-state index in [2.05, 4.69) is 5.32 Å².